The van der Waals surface area contributed by atoms with Crippen LogP contribution in [-0.4, -0.2) is 26.4 Å². The summed E-state index contributed by atoms with van der Waals surface area (Å²) in [5, 5.41) is 0. The van der Waals surface area contributed by atoms with Crippen LogP contribution in [0.5, 0.6) is 11.5 Å². The summed E-state index contributed by atoms with van der Waals surface area (Å²) in [6.45, 7) is 4.81. The normalized spacial score (nSPS) is 16.1. The molecule has 1 atom stereocenters. The molecule has 0 saturated heterocycles. The Morgan fingerprint density at radius 3 is 2.83 bits per heavy atom. The molecule has 1 aromatic rings. The highest BCUT2D eigenvalue weighted by Gasteiger charge is 2.13. The third kappa shape index (κ3) is 3.37. The Kier molecular flexibility index (Phi) is 4.84. The smallest absolute Gasteiger partial charge is 0.161 e. The molecule has 1 unspecified atom stereocenters. The molecule has 4 nitrogen and oxygen atoms in total. The van der Waals surface area contributed by atoms with E-state index in [1.54, 1.807) is 0 Å². The summed E-state index contributed by atoms with van der Waals surface area (Å²) in [4.78, 5) is 0. The minimum Gasteiger partial charge on any atom is -0.490 e. The number of rotatable bonds is 5. The lowest BCUT2D eigenvalue weighted by molar-refractivity contribution is 0.140. The molecular weight excluding hydrogens is 230 g/mol. The van der Waals surface area contributed by atoms with Crippen molar-refractivity contribution in [1.82, 2.24) is 0 Å². The molecule has 0 amide bonds. The summed E-state index contributed by atoms with van der Waals surface area (Å²) in [5.41, 5.74) is 7.20. The molecule has 2 N–H and O–H groups in total. The highest BCUT2D eigenvalue weighted by Crippen LogP contribution is 2.32. The van der Waals surface area contributed by atoms with Crippen LogP contribution in [0.2, 0.25) is 0 Å². The summed E-state index contributed by atoms with van der Waals surface area (Å²) in [7, 11) is 0. The van der Waals surface area contributed by atoms with Crippen molar-refractivity contribution in [3.05, 3.63) is 23.8 Å². The van der Waals surface area contributed by atoms with E-state index in [4.69, 9.17) is 19.9 Å². The molecule has 0 radical (unpaired) electrons. The van der Waals surface area contributed by atoms with E-state index in [-0.39, 0.29) is 6.04 Å². The lowest BCUT2D eigenvalue weighted by atomic mass is 10.0. The monoisotopic (exact) mass is 251 g/mol. The van der Waals surface area contributed by atoms with E-state index >= 15 is 0 Å². The zero-order valence-corrected chi connectivity index (χ0v) is 10.9. The van der Waals surface area contributed by atoms with Gasteiger partial charge in [-0.2, -0.15) is 0 Å². The van der Waals surface area contributed by atoms with Crippen molar-refractivity contribution in [2.24, 2.45) is 5.73 Å². The number of fused-ring (bicyclic) bond motifs is 1. The molecule has 1 aliphatic rings. The fraction of sp³-hybridized carbons (Fsp3) is 0.571. The summed E-state index contributed by atoms with van der Waals surface area (Å²) < 4.78 is 16.6. The second kappa shape index (κ2) is 6.61. The van der Waals surface area contributed by atoms with Gasteiger partial charge >= 0.3 is 0 Å². The van der Waals surface area contributed by atoms with Gasteiger partial charge in [-0.15, -0.1) is 0 Å². The van der Waals surface area contributed by atoms with Gasteiger partial charge in [-0.1, -0.05) is 6.07 Å². The Hall–Kier alpha value is -1.26. The van der Waals surface area contributed by atoms with E-state index in [9.17, 15) is 0 Å². The minimum atomic E-state index is -0.0197. The van der Waals surface area contributed by atoms with Crippen molar-refractivity contribution in [3.63, 3.8) is 0 Å². The highest BCUT2D eigenvalue weighted by atomic mass is 16.5. The van der Waals surface area contributed by atoms with Gasteiger partial charge in [0.2, 0.25) is 0 Å². The van der Waals surface area contributed by atoms with Gasteiger partial charge < -0.3 is 19.9 Å². The summed E-state index contributed by atoms with van der Waals surface area (Å²) >= 11 is 0. The molecule has 0 spiro atoms. The number of hydrogen-bond donors (Lipinski definition) is 1. The van der Waals surface area contributed by atoms with Crippen LogP contribution in [0.3, 0.4) is 0 Å². The maximum absolute atomic E-state index is 6.13. The summed E-state index contributed by atoms with van der Waals surface area (Å²) in [6, 6.07) is 5.91. The van der Waals surface area contributed by atoms with Crippen LogP contribution in [-0.2, 0) is 4.74 Å². The summed E-state index contributed by atoms with van der Waals surface area (Å²) in [5.74, 6) is 1.62. The maximum Gasteiger partial charge on any atom is 0.161 e. The second-order valence-corrected chi connectivity index (χ2v) is 4.35. The molecule has 0 aliphatic carbocycles. The molecule has 4 heteroatoms. The lowest BCUT2D eigenvalue weighted by Crippen LogP contribution is -2.13. The van der Waals surface area contributed by atoms with E-state index in [2.05, 4.69) is 0 Å². The predicted octanol–water partition coefficient (Wildman–Crippen LogP) is 2.27. The molecule has 1 aliphatic heterocycles. The molecule has 0 fully saturated rings. The van der Waals surface area contributed by atoms with E-state index in [0.29, 0.717) is 19.8 Å². The SMILES string of the molecule is CCOCCC(N)c1ccc2c(c1)OCCCO2. The first kappa shape index (κ1) is 13.2. The van der Waals surface area contributed by atoms with Gasteiger partial charge in [0.1, 0.15) is 0 Å². The van der Waals surface area contributed by atoms with Crippen molar-refractivity contribution in [1.29, 1.82) is 0 Å². The van der Waals surface area contributed by atoms with E-state index < -0.39 is 0 Å². The largest absolute Gasteiger partial charge is 0.490 e. The fourth-order valence-electron chi connectivity index (χ4n) is 1.93. The molecule has 0 aromatic heterocycles. The Bertz CT molecular complexity index is 381. The van der Waals surface area contributed by atoms with E-state index in [1.807, 2.05) is 25.1 Å². The quantitative estimate of drug-likeness (QED) is 0.816. The first-order valence-electron chi connectivity index (χ1n) is 6.54. The molecule has 0 bridgehead atoms. The number of benzene rings is 1. The highest BCUT2D eigenvalue weighted by molar-refractivity contribution is 5.44. The fourth-order valence-corrected chi connectivity index (χ4v) is 1.93. The van der Waals surface area contributed by atoms with Crippen LogP contribution in [0.4, 0.5) is 0 Å². The molecule has 1 aromatic carbocycles. The van der Waals surface area contributed by atoms with Crippen molar-refractivity contribution >= 4 is 0 Å². The van der Waals surface area contributed by atoms with Gasteiger partial charge in [0.05, 0.1) is 13.2 Å². The number of nitrogens with two attached hydrogens (primary N) is 1. The van der Waals surface area contributed by atoms with Crippen LogP contribution in [0.1, 0.15) is 31.4 Å². The van der Waals surface area contributed by atoms with Crippen molar-refractivity contribution < 1.29 is 14.2 Å². The Labute approximate surface area is 108 Å². The molecule has 18 heavy (non-hydrogen) atoms. The minimum absolute atomic E-state index is 0.0197. The van der Waals surface area contributed by atoms with E-state index in [0.717, 1.165) is 36.5 Å². The van der Waals surface area contributed by atoms with Crippen LogP contribution in [0, 0.1) is 0 Å². The average Bonchev–Trinajstić information content (AvgIpc) is 2.63. The topological polar surface area (TPSA) is 53.7 Å². The van der Waals surface area contributed by atoms with Crippen molar-refractivity contribution in [2.75, 3.05) is 26.4 Å². The zero-order chi connectivity index (χ0) is 12.8. The van der Waals surface area contributed by atoms with Crippen LogP contribution < -0.4 is 15.2 Å². The predicted molar refractivity (Wildman–Crippen MR) is 70.1 cm³/mol. The van der Waals surface area contributed by atoms with Gasteiger partial charge in [0.15, 0.2) is 11.5 Å². The third-order valence-corrected chi connectivity index (χ3v) is 2.98. The molecule has 1 heterocycles. The van der Waals surface area contributed by atoms with Gasteiger partial charge in [0, 0.05) is 25.7 Å². The van der Waals surface area contributed by atoms with Crippen molar-refractivity contribution in [2.45, 2.75) is 25.8 Å². The molecule has 0 saturated carbocycles. The van der Waals surface area contributed by atoms with Gasteiger partial charge in [-0.25, -0.2) is 0 Å². The van der Waals surface area contributed by atoms with Gasteiger partial charge in [-0.05, 0) is 31.0 Å². The van der Waals surface area contributed by atoms with E-state index in [1.165, 1.54) is 0 Å². The first-order chi connectivity index (χ1) is 8.81. The van der Waals surface area contributed by atoms with Crippen LogP contribution in [0.25, 0.3) is 0 Å². The molecular formula is C14H21NO3. The molecule has 2 rings (SSSR count). The third-order valence-electron chi connectivity index (χ3n) is 2.98. The standard InChI is InChI=1S/C14H21NO3/c1-2-16-9-6-12(15)11-4-5-13-14(10-11)18-8-3-7-17-13/h4-5,10,12H,2-3,6-9,15H2,1H3. The Morgan fingerprint density at radius 1 is 1.28 bits per heavy atom. The molecule has 100 valence electrons. The van der Waals surface area contributed by atoms with Gasteiger partial charge in [0.25, 0.3) is 0 Å². The summed E-state index contributed by atoms with van der Waals surface area (Å²) in [6.07, 6.45) is 1.73. The maximum atomic E-state index is 6.13. The zero-order valence-electron chi connectivity index (χ0n) is 10.9. The van der Waals surface area contributed by atoms with Crippen LogP contribution >= 0.6 is 0 Å². The van der Waals surface area contributed by atoms with Crippen LogP contribution in [0.15, 0.2) is 18.2 Å². The lowest BCUT2D eigenvalue weighted by Gasteiger charge is -2.14. The second-order valence-electron chi connectivity index (χ2n) is 4.35. The first-order valence-corrected chi connectivity index (χ1v) is 6.54. The number of ether oxygens (including phenoxy) is 3. The Morgan fingerprint density at radius 2 is 2.06 bits per heavy atom. The Balaban J connectivity index is 2.02. The van der Waals surface area contributed by atoms with Crippen molar-refractivity contribution in [3.8, 4) is 11.5 Å². The van der Waals surface area contributed by atoms with Gasteiger partial charge in [-0.3, -0.25) is 0 Å². The number of hydrogen-bond acceptors (Lipinski definition) is 4. The average molecular weight is 251 g/mol.